The molecule has 110 valence electrons. The molecule has 0 spiro atoms. The first-order valence-corrected chi connectivity index (χ1v) is 7.59. The van der Waals surface area contributed by atoms with Crippen LogP contribution in [0.25, 0.3) is 0 Å². The highest BCUT2D eigenvalue weighted by atomic mass is 16.5. The minimum Gasteiger partial charge on any atom is -0.465 e. The number of esters is 1. The van der Waals surface area contributed by atoms with Gasteiger partial charge in [0.1, 0.15) is 6.04 Å². The Morgan fingerprint density at radius 2 is 1.89 bits per heavy atom. The molecule has 0 bridgehead atoms. The highest BCUT2D eigenvalue weighted by Gasteiger charge is 2.27. The smallest absolute Gasteiger partial charge is 0.324 e. The molecule has 1 unspecified atom stereocenters. The van der Waals surface area contributed by atoms with Crippen LogP contribution in [-0.4, -0.2) is 67.2 Å². The van der Waals surface area contributed by atoms with Crippen molar-refractivity contribution in [3.8, 4) is 0 Å². The minimum atomic E-state index is -0.502. The Labute approximate surface area is 116 Å². The molecule has 1 aliphatic carbocycles. The minimum absolute atomic E-state index is 0.277. The standard InChI is InChI=1S/C14H27N3O2/c1-2-19-14(18)13(15)11-16-7-9-17(10-8-16)12-5-3-4-6-12/h12-13H,2-11,15H2,1H3. The summed E-state index contributed by atoms with van der Waals surface area (Å²) in [7, 11) is 0. The Kier molecular flexibility index (Phi) is 5.60. The maximum atomic E-state index is 11.5. The van der Waals surface area contributed by atoms with Gasteiger partial charge in [-0.2, -0.15) is 0 Å². The van der Waals surface area contributed by atoms with Crippen molar-refractivity contribution in [1.29, 1.82) is 0 Å². The lowest BCUT2D eigenvalue weighted by atomic mass is 10.1. The van der Waals surface area contributed by atoms with Crippen molar-refractivity contribution in [3.63, 3.8) is 0 Å². The predicted octanol–water partition coefficient (Wildman–Crippen LogP) is 0.437. The Morgan fingerprint density at radius 1 is 1.26 bits per heavy atom. The number of piperazine rings is 1. The molecular formula is C14H27N3O2. The Morgan fingerprint density at radius 3 is 2.47 bits per heavy atom. The molecule has 1 heterocycles. The van der Waals surface area contributed by atoms with Crippen LogP contribution in [0.15, 0.2) is 0 Å². The van der Waals surface area contributed by atoms with Crippen LogP contribution in [0, 0.1) is 0 Å². The molecule has 5 heteroatoms. The third-order valence-corrected chi connectivity index (χ3v) is 4.29. The summed E-state index contributed by atoms with van der Waals surface area (Å²) in [6, 6.07) is 0.305. The van der Waals surface area contributed by atoms with Crippen LogP contribution in [0.4, 0.5) is 0 Å². The molecule has 0 aromatic rings. The van der Waals surface area contributed by atoms with Crippen molar-refractivity contribution >= 4 is 5.97 Å². The van der Waals surface area contributed by atoms with Crippen molar-refractivity contribution in [2.24, 2.45) is 5.73 Å². The summed E-state index contributed by atoms with van der Waals surface area (Å²) in [5, 5.41) is 0. The second kappa shape index (κ2) is 7.22. The van der Waals surface area contributed by atoms with Gasteiger partial charge in [0.2, 0.25) is 0 Å². The van der Waals surface area contributed by atoms with Gasteiger partial charge in [0.25, 0.3) is 0 Å². The summed E-state index contributed by atoms with van der Waals surface area (Å²) < 4.78 is 4.95. The van der Waals surface area contributed by atoms with Gasteiger partial charge in [-0.05, 0) is 19.8 Å². The van der Waals surface area contributed by atoms with Gasteiger partial charge < -0.3 is 10.5 Å². The van der Waals surface area contributed by atoms with Crippen LogP contribution in [-0.2, 0) is 9.53 Å². The molecule has 0 radical (unpaired) electrons. The van der Waals surface area contributed by atoms with E-state index in [1.165, 1.54) is 25.7 Å². The molecular weight excluding hydrogens is 242 g/mol. The summed E-state index contributed by atoms with van der Waals surface area (Å²) in [5.74, 6) is -0.277. The fourth-order valence-corrected chi connectivity index (χ4v) is 3.18. The molecule has 19 heavy (non-hydrogen) atoms. The molecule has 1 atom stereocenters. The predicted molar refractivity (Wildman–Crippen MR) is 74.9 cm³/mol. The van der Waals surface area contributed by atoms with E-state index in [1.807, 2.05) is 6.92 Å². The second-order valence-corrected chi connectivity index (χ2v) is 5.63. The van der Waals surface area contributed by atoms with E-state index in [9.17, 15) is 4.79 Å². The van der Waals surface area contributed by atoms with Gasteiger partial charge >= 0.3 is 5.97 Å². The van der Waals surface area contributed by atoms with E-state index in [0.29, 0.717) is 13.2 Å². The van der Waals surface area contributed by atoms with E-state index >= 15 is 0 Å². The number of hydrogen-bond donors (Lipinski definition) is 1. The van der Waals surface area contributed by atoms with Gasteiger partial charge in [-0.25, -0.2) is 0 Å². The molecule has 2 aliphatic rings. The molecule has 0 aromatic carbocycles. The number of hydrogen-bond acceptors (Lipinski definition) is 5. The Balaban J connectivity index is 1.69. The van der Waals surface area contributed by atoms with E-state index < -0.39 is 6.04 Å². The van der Waals surface area contributed by atoms with Crippen LogP contribution in [0.3, 0.4) is 0 Å². The van der Waals surface area contributed by atoms with Gasteiger partial charge in [0.05, 0.1) is 6.61 Å². The summed E-state index contributed by atoms with van der Waals surface area (Å²) in [4.78, 5) is 16.4. The highest BCUT2D eigenvalue weighted by Crippen LogP contribution is 2.24. The molecule has 5 nitrogen and oxygen atoms in total. The van der Waals surface area contributed by atoms with Gasteiger partial charge in [0, 0.05) is 38.8 Å². The van der Waals surface area contributed by atoms with Crippen molar-refractivity contribution in [1.82, 2.24) is 9.80 Å². The zero-order chi connectivity index (χ0) is 13.7. The molecule has 1 saturated carbocycles. The fourth-order valence-electron chi connectivity index (χ4n) is 3.18. The topological polar surface area (TPSA) is 58.8 Å². The number of carbonyl (C=O) groups is 1. The van der Waals surface area contributed by atoms with Crippen LogP contribution in [0.5, 0.6) is 0 Å². The summed E-state index contributed by atoms with van der Waals surface area (Å²) >= 11 is 0. The van der Waals surface area contributed by atoms with Gasteiger partial charge in [-0.1, -0.05) is 12.8 Å². The molecule has 1 aliphatic heterocycles. The number of rotatable bonds is 5. The maximum absolute atomic E-state index is 11.5. The molecule has 0 amide bonds. The average Bonchev–Trinajstić information content (AvgIpc) is 2.94. The monoisotopic (exact) mass is 269 g/mol. The zero-order valence-corrected chi connectivity index (χ0v) is 12.0. The molecule has 1 saturated heterocycles. The van der Waals surface area contributed by atoms with Gasteiger partial charge in [0.15, 0.2) is 0 Å². The van der Waals surface area contributed by atoms with E-state index in [4.69, 9.17) is 10.5 Å². The summed E-state index contributed by atoms with van der Waals surface area (Å²) in [6.45, 7) is 7.10. The maximum Gasteiger partial charge on any atom is 0.324 e. The zero-order valence-electron chi connectivity index (χ0n) is 12.0. The van der Waals surface area contributed by atoms with Crippen LogP contribution in [0.1, 0.15) is 32.6 Å². The summed E-state index contributed by atoms with van der Waals surface area (Å²) in [6.07, 6.45) is 5.50. The first-order chi connectivity index (χ1) is 9.20. The first kappa shape index (κ1) is 14.8. The number of ether oxygens (including phenoxy) is 1. The van der Waals surface area contributed by atoms with Crippen molar-refractivity contribution in [2.75, 3.05) is 39.3 Å². The quantitative estimate of drug-likeness (QED) is 0.734. The molecule has 2 rings (SSSR count). The normalized spacial score (nSPS) is 24.5. The number of carbonyl (C=O) groups excluding carboxylic acids is 1. The first-order valence-electron chi connectivity index (χ1n) is 7.59. The molecule has 2 fully saturated rings. The van der Waals surface area contributed by atoms with Crippen LogP contribution >= 0.6 is 0 Å². The van der Waals surface area contributed by atoms with E-state index in [0.717, 1.165) is 32.2 Å². The largest absolute Gasteiger partial charge is 0.465 e. The average molecular weight is 269 g/mol. The molecule has 0 aromatic heterocycles. The fraction of sp³-hybridized carbons (Fsp3) is 0.929. The second-order valence-electron chi connectivity index (χ2n) is 5.63. The third kappa shape index (κ3) is 4.16. The van der Waals surface area contributed by atoms with Crippen molar-refractivity contribution in [2.45, 2.75) is 44.7 Å². The van der Waals surface area contributed by atoms with E-state index in [1.54, 1.807) is 0 Å². The van der Waals surface area contributed by atoms with Gasteiger partial charge in [-0.3, -0.25) is 14.6 Å². The lowest BCUT2D eigenvalue weighted by molar-refractivity contribution is -0.145. The molecule has 2 N–H and O–H groups in total. The third-order valence-electron chi connectivity index (χ3n) is 4.29. The van der Waals surface area contributed by atoms with E-state index in [-0.39, 0.29) is 5.97 Å². The lowest BCUT2D eigenvalue weighted by Gasteiger charge is -2.38. The Bertz CT molecular complexity index is 284. The van der Waals surface area contributed by atoms with Crippen molar-refractivity contribution in [3.05, 3.63) is 0 Å². The van der Waals surface area contributed by atoms with Crippen LogP contribution < -0.4 is 5.73 Å². The van der Waals surface area contributed by atoms with Gasteiger partial charge in [-0.15, -0.1) is 0 Å². The number of nitrogens with zero attached hydrogens (tertiary/aromatic N) is 2. The van der Waals surface area contributed by atoms with Crippen molar-refractivity contribution < 1.29 is 9.53 Å². The van der Waals surface area contributed by atoms with Crippen LogP contribution in [0.2, 0.25) is 0 Å². The lowest BCUT2D eigenvalue weighted by Crippen LogP contribution is -2.53. The summed E-state index contributed by atoms with van der Waals surface area (Å²) in [5.41, 5.74) is 5.86. The Hall–Kier alpha value is -0.650. The highest BCUT2D eigenvalue weighted by molar-refractivity contribution is 5.75. The SMILES string of the molecule is CCOC(=O)C(N)CN1CCN(C2CCCC2)CC1. The number of nitrogens with two attached hydrogens (primary N) is 1. The van der Waals surface area contributed by atoms with E-state index in [2.05, 4.69) is 9.80 Å².